The molecule has 0 bridgehead atoms. The summed E-state index contributed by atoms with van der Waals surface area (Å²) in [6.07, 6.45) is 7.20. The highest BCUT2D eigenvalue weighted by Crippen LogP contribution is 2.26. The summed E-state index contributed by atoms with van der Waals surface area (Å²) in [4.78, 5) is 12.1. The van der Waals surface area contributed by atoms with Crippen molar-refractivity contribution < 1.29 is 9.32 Å². The van der Waals surface area contributed by atoms with Crippen molar-refractivity contribution in [1.82, 2.24) is 10.5 Å². The number of rotatable bonds is 4. The summed E-state index contributed by atoms with van der Waals surface area (Å²) < 4.78 is 4.91. The Morgan fingerprint density at radius 3 is 2.81 bits per heavy atom. The summed E-state index contributed by atoms with van der Waals surface area (Å²) in [6.45, 7) is 2.07. The second-order valence-corrected chi connectivity index (χ2v) is 5.55. The zero-order valence-electron chi connectivity index (χ0n) is 12.3. The molecule has 4 nitrogen and oxygen atoms in total. The molecule has 0 fully saturated rings. The molecule has 0 saturated heterocycles. The summed E-state index contributed by atoms with van der Waals surface area (Å²) in [5.74, 6) is 0.0449. The quantitative estimate of drug-likeness (QED) is 0.935. The average Bonchev–Trinajstić information content (AvgIpc) is 3.06. The van der Waals surface area contributed by atoms with Gasteiger partial charge in [0.15, 0.2) is 0 Å². The maximum atomic E-state index is 12.1. The SMILES string of the molecule is CCC(NC(=O)c1ccno1)c1ccc2c(c1)CCCC2. The minimum Gasteiger partial charge on any atom is -0.351 e. The molecule has 1 N–H and O–H groups in total. The molecule has 1 heterocycles. The van der Waals surface area contributed by atoms with Crippen LogP contribution >= 0.6 is 0 Å². The molecule has 110 valence electrons. The monoisotopic (exact) mass is 284 g/mol. The van der Waals surface area contributed by atoms with Crippen molar-refractivity contribution in [3.05, 3.63) is 52.9 Å². The van der Waals surface area contributed by atoms with Crippen molar-refractivity contribution in [2.24, 2.45) is 0 Å². The van der Waals surface area contributed by atoms with Gasteiger partial charge in [0.1, 0.15) is 0 Å². The maximum absolute atomic E-state index is 12.1. The predicted octanol–water partition coefficient (Wildman–Crippen LogP) is 3.43. The van der Waals surface area contributed by atoms with Crippen molar-refractivity contribution in [2.75, 3.05) is 0 Å². The van der Waals surface area contributed by atoms with Crippen LogP contribution in [0, 0.1) is 0 Å². The van der Waals surface area contributed by atoms with Crippen LogP contribution in [0.2, 0.25) is 0 Å². The van der Waals surface area contributed by atoms with Crippen LogP contribution < -0.4 is 5.32 Å². The van der Waals surface area contributed by atoms with Gasteiger partial charge >= 0.3 is 0 Å². The van der Waals surface area contributed by atoms with Crippen LogP contribution in [0.4, 0.5) is 0 Å². The molecule has 21 heavy (non-hydrogen) atoms. The van der Waals surface area contributed by atoms with Gasteiger partial charge in [-0.2, -0.15) is 0 Å². The van der Waals surface area contributed by atoms with Crippen LogP contribution in [0.25, 0.3) is 0 Å². The molecular formula is C17H20N2O2. The van der Waals surface area contributed by atoms with Gasteiger partial charge in [-0.15, -0.1) is 0 Å². The van der Waals surface area contributed by atoms with Gasteiger partial charge in [0, 0.05) is 6.07 Å². The van der Waals surface area contributed by atoms with Gasteiger partial charge in [-0.25, -0.2) is 0 Å². The third-order valence-corrected chi connectivity index (χ3v) is 4.15. The molecule has 1 aliphatic rings. The largest absolute Gasteiger partial charge is 0.351 e. The molecular weight excluding hydrogens is 264 g/mol. The van der Waals surface area contributed by atoms with Crippen molar-refractivity contribution >= 4 is 5.91 Å². The Kier molecular flexibility index (Phi) is 4.04. The third-order valence-electron chi connectivity index (χ3n) is 4.15. The number of carbonyl (C=O) groups excluding carboxylic acids is 1. The van der Waals surface area contributed by atoms with Crippen molar-refractivity contribution in [2.45, 2.75) is 45.1 Å². The Hall–Kier alpha value is -2.10. The van der Waals surface area contributed by atoms with E-state index in [1.54, 1.807) is 6.07 Å². The van der Waals surface area contributed by atoms with Gasteiger partial charge in [-0.1, -0.05) is 30.3 Å². The first-order valence-electron chi connectivity index (χ1n) is 7.61. The summed E-state index contributed by atoms with van der Waals surface area (Å²) >= 11 is 0. The van der Waals surface area contributed by atoms with Gasteiger partial charge in [-0.05, 0) is 48.8 Å². The van der Waals surface area contributed by atoms with Crippen LogP contribution in [0.1, 0.15) is 59.5 Å². The number of aromatic nitrogens is 1. The molecule has 4 heteroatoms. The highest BCUT2D eigenvalue weighted by atomic mass is 16.5. The number of fused-ring (bicyclic) bond motifs is 1. The van der Waals surface area contributed by atoms with E-state index in [-0.39, 0.29) is 17.7 Å². The fraction of sp³-hybridized carbons (Fsp3) is 0.412. The number of benzene rings is 1. The van der Waals surface area contributed by atoms with Crippen molar-refractivity contribution in [3.63, 3.8) is 0 Å². The first-order valence-corrected chi connectivity index (χ1v) is 7.61. The topological polar surface area (TPSA) is 55.1 Å². The van der Waals surface area contributed by atoms with Gasteiger partial charge in [0.25, 0.3) is 5.91 Å². The van der Waals surface area contributed by atoms with E-state index in [2.05, 4.69) is 35.6 Å². The Labute approximate surface area is 124 Å². The number of nitrogens with one attached hydrogen (secondary N) is 1. The van der Waals surface area contributed by atoms with E-state index in [1.807, 2.05) is 0 Å². The molecule has 1 aliphatic carbocycles. The predicted molar refractivity (Wildman–Crippen MR) is 80.1 cm³/mol. The Balaban J connectivity index is 1.78. The fourth-order valence-electron chi connectivity index (χ4n) is 2.95. The molecule has 1 unspecified atom stereocenters. The molecule has 3 rings (SSSR count). The standard InChI is InChI=1S/C17H20N2O2/c1-2-15(19-17(20)16-9-10-18-21-16)14-8-7-12-5-3-4-6-13(12)11-14/h7-11,15H,2-6H2,1H3,(H,19,20). The molecule has 0 aliphatic heterocycles. The minimum absolute atomic E-state index is 0.00910. The number of aryl methyl sites for hydroxylation is 2. The van der Waals surface area contributed by atoms with Crippen LogP contribution in [-0.2, 0) is 12.8 Å². The average molecular weight is 284 g/mol. The molecule has 1 atom stereocenters. The van der Waals surface area contributed by atoms with E-state index in [0.29, 0.717) is 0 Å². The fourth-order valence-corrected chi connectivity index (χ4v) is 2.95. The first-order chi connectivity index (χ1) is 10.3. The van der Waals surface area contributed by atoms with Crippen molar-refractivity contribution in [1.29, 1.82) is 0 Å². The lowest BCUT2D eigenvalue weighted by molar-refractivity contribution is 0.0898. The molecule has 1 aromatic heterocycles. The Morgan fingerprint density at radius 2 is 2.10 bits per heavy atom. The number of hydrogen-bond donors (Lipinski definition) is 1. The van der Waals surface area contributed by atoms with Crippen LogP contribution in [0.5, 0.6) is 0 Å². The van der Waals surface area contributed by atoms with Crippen LogP contribution in [0.15, 0.2) is 35.0 Å². The molecule has 1 amide bonds. The van der Waals surface area contributed by atoms with E-state index >= 15 is 0 Å². The highest BCUT2D eigenvalue weighted by molar-refractivity contribution is 5.91. The maximum Gasteiger partial charge on any atom is 0.290 e. The van der Waals surface area contributed by atoms with Crippen LogP contribution in [-0.4, -0.2) is 11.1 Å². The van der Waals surface area contributed by atoms with E-state index in [1.165, 1.54) is 42.1 Å². The Morgan fingerprint density at radius 1 is 1.29 bits per heavy atom. The molecule has 0 radical (unpaired) electrons. The van der Waals surface area contributed by atoms with E-state index in [9.17, 15) is 4.79 Å². The first kappa shape index (κ1) is 13.9. The number of nitrogens with zero attached hydrogens (tertiary/aromatic N) is 1. The summed E-state index contributed by atoms with van der Waals surface area (Å²) in [5, 5.41) is 6.59. The van der Waals surface area contributed by atoms with Gasteiger partial charge in [0.05, 0.1) is 12.2 Å². The number of amides is 1. The summed E-state index contributed by atoms with van der Waals surface area (Å²) in [7, 11) is 0. The third kappa shape index (κ3) is 2.99. The molecule has 0 saturated carbocycles. The lowest BCUT2D eigenvalue weighted by Gasteiger charge is -2.21. The summed E-state index contributed by atoms with van der Waals surface area (Å²) in [5.41, 5.74) is 4.07. The zero-order chi connectivity index (χ0) is 14.7. The second-order valence-electron chi connectivity index (χ2n) is 5.55. The Bertz CT molecular complexity index is 620. The lowest BCUT2D eigenvalue weighted by Crippen LogP contribution is -2.28. The van der Waals surface area contributed by atoms with Crippen molar-refractivity contribution in [3.8, 4) is 0 Å². The number of hydrogen-bond acceptors (Lipinski definition) is 3. The van der Waals surface area contributed by atoms with E-state index < -0.39 is 0 Å². The van der Waals surface area contributed by atoms with Crippen LogP contribution in [0.3, 0.4) is 0 Å². The minimum atomic E-state index is -0.211. The van der Waals surface area contributed by atoms with Gasteiger partial charge in [-0.3, -0.25) is 4.79 Å². The molecule has 0 spiro atoms. The van der Waals surface area contributed by atoms with Gasteiger partial charge < -0.3 is 9.84 Å². The van der Waals surface area contributed by atoms with E-state index in [4.69, 9.17) is 4.52 Å². The molecule has 1 aromatic carbocycles. The van der Waals surface area contributed by atoms with Gasteiger partial charge in [0.2, 0.25) is 5.76 Å². The summed E-state index contributed by atoms with van der Waals surface area (Å²) in [6, 6.07) is 8.19. The number of carbonyl (C=O) groups is 1. The van der Waals surface area contributed by atoms with E-state index in [0.717, 1.165) is 12.8 Å². The molecule has 2 aromatic rings. The smallest absolute Gasteiger partial charge is 0.290 e. The highest BCUT2D eigenvalue weighted by Gasteiger charge is 2.18. The lowest BCUT2D eigenvalue weighted by atomic mass is 9.89. The second kappa shape index (κ2) is 6.12. The normalized spacial score (nSPS) is 15.3. The zero-order valence-corrected chi connectivity index (χ0v) is 12.3.